The SMILES string of the molecule is O=C(CCC1CCCCC1)NC(COCc1ccccc1)C(=O)Nc1ccc(Oc2ccccc2)cc1. The third kappa shape index (κ3) is 9.07. The molecule has 0 heterocycles. The maximum Gasteiger partial charge on any atom is 0.249 e. The number of ether oxygens (including phenoxy) is 2. The molecule has 0 radical (unpaired) electrons. The van der Waals surface area contributed by atoms with Gasteiger partial charge >= 0.3 is 0 Å². The van der Waals surface area contributed by atoms with Gasteiger partial charge in [-0.1, -0.05) is 80.6 Å². The standard InChI is InChI=1S/C31H36N2O4/c34-30(21-16-24-10-4-1-5-11-24)33-29(23-36-22-25-12-6-2-7-13-25)31(35)32-26-17-19-28(20-18-26)37-27-14-8-3-9-15-27/h2-3,6-9,12-15,17-20,24,29H,1,4-5,10-11,16,21-23H2,(H,32,35)(H,33,34). The van der Waals surface area contributed by atoms with Gasteiger partial charge < -0.3 is 20.1 Å². The van der Waals surface area contributed by atoms with Gasteiger partial charge in [0, 0.05) is 12.1 Å². The molecule has 1 atom stereocenters. The summed E-state index contributed by atoms with van der Waals surface area (Å²) in [5, 5.41) is 5.81. The quantitative estimate of drug-likeness (QED) is 0.298. The van der Waals surface area contributed by atoms with Crippen LogP contribution in [0.1, 0.15) is 50.5 Å². The average Bonchev–Trinajstić information content (AvgIpc) is 2.94. The lowest BCUT2D eigenvalue weighted by Crippen LogP contribution is -2.46. The molecule has 1 aliphatic carbocycles. The molecule has 4 rings (SSSR count). The van der Waals surface area contributed by atoms with Crippen LogP contribution in [0.15, 0.2) is 84.9 Å². The van der Waals surface area contributed by atoms with E-state index in [0.29, 0.717) is 30.4 Å². The number of hydrogen-bond donors (Lipinski definition) is 2. The smallest absolute Gasteiger partial charge is 0.249 e. The van der Waals surface area contributed by atoms with Crippen LogP contribution < -0.4 is 15.4 Å². The van der Waals surface area contributed by atoms with E-state index in [0.717, 1.165) is 17.7 Å². The Bertz CT molecular complexity index is 1100. The first-order valence-corrected chi connectivity index (χ1v) is 13.2. The van der Waals surface area contributed by atoms with Crippen molar-refractivity contribution in [2.45, 2.75) is 57.6 Å². The minimum atomic E-state index is -0.789. The van der Waals surface area contributed by atoms with E-state index < -0.39 is 6.04 Å². The molecule has 0 bridgehead atoms. The lowest BCUT2D eigenvalue weighted by molar-refractivity contribution is -0.128. The Hall–Kier alpha value is -3.64. The van der Waals surface area contributed by atoms with Crippen LogP contribution in [0.3, 0.4) is 0 Å². The Labute approximate surface area is 219 Å². The van der Waals surface area contributed by atoms with Crippen LogP contribution in [0.2, 0.25) is 0 Å². The van der Waals surface area contributed by atoms with E-state index in [9.17, 15) is 9.59 Å². The molecule has 194 valence electrons. The number of rotatable bonds is 12. The second-order valence-electron chi connectivity index (χ2n) is 9.59. The fourth-order valence-corrected chi connectivity index (χ4v) is 4.59. The van der Waals surface area contributed by atoms with Crippen molar-refractivity contribution in [3.05, 3.63) is 90.5 Å². The fourth-order valence-electron chi connectivity index (χ4n) is 4.59. The van der Waals surface area contributed by atoms with Crippen LogP contribution in [0.25, 0.3) is 0 Å². The molecule has 6 nitrogen and oxygen atoms in total. The summed E-state index contributed by atoms with van der Waals surface area (Å²) in [6, 6.07) is 25.7. The molecular formula is C31H36N2O4. The Balaban J connectivity index is 1.32. The van der Waals surface area contributed by atoms with Crippen molar-refractivity contribution in [3.8, 4) is 11.5 Å². The molecule has 1 fully saturated rings. The molecule has 3 aromatic carbocycles. The second-order valence-corrected chi connectivity index (χ2v) is 9.59. The van der Waals surface area contributed by atoms with Crippen LogP contribution in [-0.2, 0) is 20.9 Å². The molecule has 6 heteroatoms. The van der Waals surface area contributed by atoms with Gasteiger partial charge in [-0.3, -0.25) is 9.59 Å². The maximum atomic E-state index is 13.1. The van der Waals surface area contributed by atoms with Crippen molar-refractivity contribution in [2.75, 3.05) is 11.9 Å². The van der Waals surface area contributed by atoms with Gasteiger partial charge in [0.15, 0.2) is 0 Å². The monoisotopic (exact) mass is 500 g/mol. The summed E-state index contributed by atoms with van der Waals surface area (Å²) in [4.78, 5) is 25.9. The Morgan fingerprint density at radius 2 is 1.46 bits per heavy atom. The van der Waals surface area contributed by atoms with E-state index in [1.165, 1.54) is 32.1 Å². The van der Waals surface area contributed by atoms with Gasteiger partial charge in [0.05, 0.1) is 13.2 Å². The summed E-state index contributed by atoms with van der Waals surface area (Å²) in [6.45, 7) is 0.458. The highest BCUT2D eigenvalue weighted by Gasteiger charge is 2.22. The zero-order valence-corrected chi connectivity index (χ0v) is 21.2. The fraction of sp³-hybridized carbons (Fsp3) is 0.355. The summed E-state index contributed by atoms with van der Waals surface area (Å²) in [7, 11) is 0. The van der Waals surface area contributed by atoms with E-state index in [4.69, 9.17) is 9.47 Å². The molecule has 0 aromatic heterocycles. The Morgan fingerprint density at radius 1 is 0.811 bits per heavy atom. The molecular weight excluding hydrogens is 464 g/mol. The van der Waals surface area contributed by atoms with Crippen LogP contribution in [0.4, 0.5) is 5.69 Å². The molecule has 3 aromatic rings. The van der Waals surface area contributed by atoms with Gasteiger partial charge in [-0.25, -0.2) is 0 Å². The molecule has 1 aliphatic rings. The number of amides is 2. The number of para-hydroxylation sites is 1. The largest absolute Gasteiger partial charge is 0.457 e. The average molecular weight is 501 g/mol. The predicted octanol–water partition coefficient (Wildman–Crippen LogP) is 6.48. The number of anilines is 1. The maximum absolute atomic E-state index is 13.1. The first kappa shape index (κ1) is 26.4. The van der Waals surface area contributed by atoms with Crippen molar-refractivity contribution in [1.82, 2.24) is 5.32 Å². The molecule has 0 saturated heterocycles. The predicted molar refractivity (Wildman–Crippen MR) is 145 cm³/mol. The van der Waals surface area contributed by atoms with Gasteiger partial charge in [-0.2, -0.15) is 0 Å². The zero-order valence-electron chi connectivity index (χ0n) is 21.2. The van der Waals surface area contributed by atoms with Crippen LogP contribution in [0, 0.1) is 5.92 Å². The highest BCUT2D eigenvalue weighted by molar-refractivity contribution is 5.97. The summed E-state index contributed by atoms with van der Waals surface area (Å²) in [5.74, 6) is 1.60. The first-order chi connectivity index (χ1) is 18.2. The highest BCUT2D eigenvalue weighted by atomic mass is 16.5. The topological polar surface area (TPSA) is 76.7 Å². The van der Waals surface area contributed by atoms with Gasteiger partial charge in [-0.15, -0.1) is 0 Å². The molecule has 2 amide bonds. The second kappa shape index (κ2) is 14.2. The van der Waals surface area contributed by atoms with Crippen LogP contribution in [-0.4, -0.2) is 24.5 Å². The molecule has 0 aliphatic heterocycles. The van der Waals surface area contributed by atoms with E-state index in [2.05, 4.69) is 10.6 Å². The number of carbonyl (C=O) groups excluding carboxylic acids is 2. The van der Waals surface area contributed by atoms with Crippen molar-refractivity contribution >= 4 is 17.5 Å². The van der Waals surface area contributed by atoms with Crippen molar-refractivity contribution < 1.29 is 19.1 Å². The van der Waals surface area contributed by atoms with Crippen molar-refractivity contribution in [3.63, 3.8) is 0 Å². The summed E-state index contributed by atoms with van der Waals surface area (Å²) >= 11 is 0. The molecule has 1 unspecified atom stereocenters. The normalized spacial score (nSPS) is 14.5. The van der Waals surface area contributed by atoms with Crippen molar-refractivity contribution in [2.24, 2.45) is 5.92 Å². The number of benzene rings is 3. The van der Waals surface area contributed by atoms with Gasteiger partial charge in [-0.05, 0) is 54.3 Å². The first-order valence-electron chi connectivity index (χ1n) is 13.2. The lowest BCUT2D eigenvalue weighted by Gasteiger charge is -2.22. The third-order valence-electron chi connectivity index (χ3n) is 6.65. The molecule has 37 heavy (non-hydrogen) atoms. The van der Waals surface area contributed by atoms with Crippen LogP contribution >= 0.6 is 0 Å². The van der Waals surface area contributed by atoms with Gasteiger partial charge in [0.25, 0.3) is 0 Å². The summed E-state index contributed by atoms with van der Waals surface area (Å²) < 4.78 is 11.6. The highest BCUT2D eigenvalue weighted by Crippen LogP contribution is 2.27. The Kier molecular flexibility index (Phi) is 10.1. The van der Waals surface area contributed by atoms with Gasteiger partial charge in [0.1, 0.15) is 17.5 Å². The van der Waals surface area contributed by atoms with E-state index in [1.807, 2.05) is 60.7 Å². The Morgan fingerprint density at radius 3 is 2.16 bits per heavy atom. The molecule has 1 saturated carbocycles. The third-order valence-corrected chi connectivity index (χ3v) is 6.65. The summed E-state index contributed by atoms with van der Waals surface area (Å²) in [6.07, 6.45) is 7.48. The van der Waals surface area contributed by atoms with E-state index in [1.54, 1.807) is 24.3 Å². The summed E-state index contributed by atoms with van der Waals surface area (Å²) in [5.41, 5.74) is 1.63. The number of carbonyl (C=O) groups is 2. The number of hydrogen-bond acceptors (Lipinski definition) is 4. The van der Waals surface area contributed by atoms with Gasteiger partial charge in [0.2, 0.25) is 11.8 Å². The van der Waals surface area contributed by atoms with E-state index >= 15 is 0 Å². The number of nitrogens with one attached hydrogen (secondary N) is 2. The van der Waals surface area contributed by atoms with Crippen LogP contribution in [0.5, 0.6) is 11.5 Å². The minimum Gasteiger partial charge on any atom is -0.457 e. The molecule has 2 N–H and O–H groups in total. The molecule has 0 spiro atoms. The zero-order chi connectivity index (χ0) is 25.7. The van der Waals surface area contributed by atoms with E-state index in [-0.39, 0.29) is 18.4 Å². The lowest BCUT2D eigenvalue weighted by atomic mass is 9.86. The van der Waals surface area contributed by atoms with Crippen molar-refractivity contribution in [1.29, 1.82) is 0 Å². The minimum absolute atomic E-state index is 0.0884.